The number of ketones is 1. The van der Waals surface area contributed by atoms with E-state index in [0.29, 0.717) is 0 Å². The van der Waals surface area contributed by atoms with Gasteiger partial charge in [-0.05, 0) is 57.2 Å². The van der Waals surface area contributed by atoms with E-state index in [2.05, 4.69) is 10.6 Å². The standard InChI is InChI=1S/C43H56N2O10/c1-7-43(40(48)51-8-2,45-41(49)55-42(4,5)6)25-24-34(47)37-36(44-30(3)46)39(53-28-33-22-16-11-17-23-33)38(52-27-32-20-14-10-15-21-32)35(54-37)29-50-26-31-18-12-9-13-19-31/h9-23,35-39H,7-8,24-29H2,1-6H3,(H,44,46)(H,45,49)/t35-,36+,37-,38-,39-,43-/m1/s1. The molecule has 3 aromatic carbocycles. The van der Waals surface area contributed by atoms with Gasteiger partial charge in [0.2, 0.25) is 5.91 Å². The van der Waals surface area contributed by atoms with Gasteiger partial charge in [-0.2, -0.15) is 0 Å². The SMILES string of the molecule is CCOC(=O)[C@@](CC)(CCC(=O)[C@H]1O[C@H](COCc2ccccc2)[C@@H](OCc2ccccc2)[C@H](OCc2ccccc2)[C@H]1NC(C)=O)NC(=O)OC(C)(C)C. The van der Waals surface area contributed by atoms with E-state index in [0.717, 1.165) is 16.7 Å². The van der Waals surface area contributed by atoms with E-state index in [-0.39, 0.29) is 52.3 Å². The number of Topliss-reactive ketones (excluding diaryl/α,β-unsaturated/α-hetero) is 1. The lowest BCUT2D eigenvalue weighted by Gasteiger charge is -2.46. The Morgan fingerprint density at radius 2 is 1.27 bits per heavy atom. The second kappa shape index (κ2) is 20.9. The molecule has 12 nitrogen and oxygen atoms in total. The first kappa shape index (κ1) is 43.1. The van der Waals surface area contributed by atoms with E-state index in [1.54, 1.807) is 34.6 Å². The van der Waals surface area contributed by atoms with Crippen LogP contribution in [0, 0.1) is 0 Å². The molecule has 12 heteroatoms. The van der Waals surface area contributed by atoms with Crippen molar-refractivity contribution in [3.63, 3.8) is 0 Å². The fourth-order valence-electron chi connectivity index (χ4n) is 6.41. The third kappa shape index (κ3) is 13.3. The van der Waals surface area contributed by atoms with Crippen LogP contribution in [-0.4, -0.2) is 78.6 Å². The number of rotatable bonds is 19. The Labute approximate surface area is 324 Å². The van der Waals surface area contributed by atoms with Crippen LogP contribution in [0.5, 0.6) is 0 Å². The van der Waals surface area contributed by atoms with Crippen LogP contribution in [0.25, 0.3) is 0 Å². The molecule has 0 aromatic heterocycles. The molecule has 2 N–H and O–H groups in total. The van der Waals surface area contributed by atoms with Crippen molar-refractivity contribution in [2.45, 2.75) is 122 Å². The van der Waals surface area contributed by atoms with Gasteiger partial charge in [-0.1, -0.05) is 97.9 Å². The molecule has 1 saturated heterocycles. The summed E-state index contributed by atoms with van der Waals surface area (Å²) in [6, 6.07) is 27.9. The number of benzene rings is 3. The van der Waals surface area contributed by atoms with Crippen molar-refractivity contribution in [3.05, 3.63) is 108 Å². The molecule has 0 spiro atoms. The first-order valence-corrected chi connectivity index (χ1v) is 18.9. The predicted molar refractivity (Wildman–Crippen MR) is 206 cm³/mol. The number of hydrogen-bond donors (Lipinski definition) is 2. The molecule has 1 aliphatic heterocycles. The maximum absolute atomic E-state index is 14.5. The zero-order valence-corrected chi connectivity index (χ0v) is 32.8. The molecule has 2 amide bonds. The van der Waals surface area contributed by atoms with Gasteiger partial charge in [0.25, 0.3) is 0 Å². The van der Waals surface area contributed by atoms with Gasteiger partial charge in [0.15, 0.2) is 5.78 Å². The van der Waals surface area contributed by atoms with Gasteiger partial charge in [0.05, 0.1) is 39.1 Å². The highest BCUT2D eigenvalue weighted by atomic mass is 16.6. The highest BCUT2D eigenvalue weighted by Gasteiger charge is 2.51. The fourth-order valence-corrected chi connectivity index (χ4v) is 6.41. The van der Waals surface area contributed by atoms with Crippen LogP contribution in [0.1, 0.15) is 77.5 Å². The monoisotopic (exact) mass is 760 g/mol. The largest absolute Gasteiger partial charge is 0.464 e. The maximum Gasteiger partial charge on any atom is 0.408 e. The van der Waals surface area contributed by atoms with E-state index in [1.807, 2.05) is 91.0 Å². The lowest BCUT2D eigenvalue weighted by atomic mass is 9.85. The second-order valence-electron chi connectivity index (χ2n) is 14.6. The van der Waals surface area contributed by atoms with Crippen LogP contribution in [-0.2, 0) is 62.6 Å². The first-order chi connectivity index (χ1) is 26.3. The quantitative estimate of drug-likeness (QED) is 0.135. The van der Waals surface area contributed by atoms with Crippen molar-refractivity contribution in [3.8, 4) is 0 Å². The lowest BCUT2D eigenvalue weighted by Crippen LogP contribution is -2.67. The van der Waals surface area contributed by atoms with Crippen molar-refractivity contribution in [1.29, 1.82) is 0 Å². The van der Waals surface area contributed by atoms with Gasteiger partial charge in [-0.15, -0.1) is 0 Å². The summed E-state index contributed by atoms with van der Waals surface area (Å²) in [6.45, 7) is 10.6. The summed E-state index contributed by atoms with van der Waals surface area (Å²) in [7, 11) is 0. The Hall–Kier alpha value is -4.62. The molecule has 298 valence electrons. The van der Waals surface area contributed by atoms with Crippen LogP contribution in [0.2, 0.25) is 0 Å². The van der Waals surface area contributed by atoms with E-state index in [1.165, 1.54) is 6.92 Å². The average Bonchev–Trinajstić information content (AvgIpc) is 3.16. The number of alkyl carbamates (subject to hydrolysis) is 1. The summed E-state index contributed by atoms with van der Waals surface area (Å²) >= 11 is 0. The van der Waals surface area contributed by atoms with E-state index >= 15 is 0 Å². The lowest BCUT2D eigenvalue weighted by molar-refractivity contribution is -0.230. The molecule has 1 heterocycles. The van der Waals surface area contributed by atoms with Gasteiger partial charge >= 0.3 is 12.1 Å². The van der Waals surface area contributed by atoms with Crippen LogP contribution in [0.4, 0.5) is 4.79 Å². The molecule has 0 radical (unpaired) electrons. The Balaban J connectivity index is 1.68. The van der Waals surface area contributed by atoms with Gasteiger partial charge in [0, 0.05) is 13.3 Å². The molecule has 0 unspecified atom stereocenters. The van der Waals surface area contributed by atoms with Crippen LogP contribution < -0.4 is 10.6 Å². The number of hydrogen-bond acceptors (Lipinski definition) is 10. The number of carbonyl (C=O) groups is 4. The number of amides is 2. The first-order valence-electron chi connectivity index (χ1n) is 18.9. The molecule has 3 aromatic rings. The normalized spacial score (nSPS) is 20.8. The average molecular weight is 761 g/mol. The third-order valence-electron chi connectivity index (χ3n) is 9.15. The highest BCUT2D eigenvalue weighted by molar-refractivity contribution is 5.89. The Morgan fingerprint density at radius 1 is 0.745 bits per heavy atom. The van der Waals surface area contributed by atoms with Crippen molar-refractivity contribution in [2.24, 2.45) is 0 Å². The molecule has 1 fully saturated rings. The topological polar surface area (TPSA) is 148 Å². The van der Waals surface area contributed by atoms with Gasteiger partial charge in [-0.25, -0.2) is 9.59 Å². The van der Waals surface area contributed by atoms with E-state index < -0.39 is 65.4 Å². The molecular weight excluding hydrogens is 704 g/mol. The van der Waals surface area contributed by atoms with E-state index in [4.69, 9.17) is 28.4 Å². The van der Waals surface area contributed by atoms with E-state index in [9.17, 15) is 19.2 Å². The summed E-state index contributed by atoms with van der Waals surface area (Å²) in [6.07, 6.45) is -4.74. The van der Waals surface area contributed by atoms with Crippen LogP contribution in [0.3, 0.4) is 0 Å². The Kier molecular flexibility index (Phi) is 16.4. The maximum atomic E-state index is 14.5. The van der Waals surface area contributed by atoms with Crippen molar-refractivity contribution in [2.75, 3.05) is 13.2 Å². The molecule has 4 rings (SSSR count). The summed E-state index contributed by atoms with van der Waals surface area (Å²) in [4.78, 5) is 53.8. The minimum atomic E-state index is -1.57. The van der Waals surface area contributed by atoms with Gasteiger partial charge in [0.1, 0.15) is 35.6 Å². The minimum absolute atomic E-state index is 0.0397. The summed E-state index contributed by atoms with van der Waals surface area (Å²) in [5, 5.41) is 5.63. The number of esters is 1. The fraction of sp³-hybridized carbons (Fsp3) is 0.488. The molecule has 55 heavy (non-hydrogen) atoms. The van der Waals surface area contributed by atoms with Crippen molar-refractivity contribution in [1.82, 2.24) is 10.6 Å². The van der Waals surface area contributed by atoms with Crippen molar-refractivity contribution < 1.29 is 47.6 Å². The predicted octanol–water partition coefficient (Wildman–Crippen LogP) is 6.23. The Bertz CT molecular complexity index is 1650. The molecule has 0 bridgehead atoms. The smallest absolute Gasteiger partial charge is 0.408 e. The molecule has 6 atom stereocenters. The third-order valence-corrected chi connectivity index (χ3v) is 9.15. The zero-order valence-electron chi connectivity index (χ0n) is 32.8. The number of nitrogens with one attached hydrogen (secondary N) is 2. The minimum Gasteiger partial charge on any atom is -0.464 e. The molecular formula is C43H56N2O10. The summed E-state index contributed by atoms with van der Waals surface area (Å²) in [5.74, 6) is -1.51. The van der Waals surface area contributed by atoms with Gasteiger partial charge < -0.3 is 39.1 Å². The highest BCUT2D eigenvalue weighted by Crippen LogP contribution is 2.31. The zero-order chi connectivity index (χ0) is 39.8. The second-order valence-corrected chi connectivity index (χ2v) is 14.6. The number of carbonyl (C=O) groups excluding carboxylic acids is 4. The molecule has 0 aliphatic carbocycles. The number of ether oxygens (including phenoxy) is 6. The molecule has 1 aliphatic rings. The van der Waals surface area contributed by atoms with Crippen LogP contribution >= 0.6 is 0 Å². The Morgan fingerprint density at radius 3 is 1.76 bits per heavy atom. The summed E-state index contributed by atoms with van der Waals surface area (Å²) < 4.78 is 36.9. The van der Waals surface area contributed by atoms with Crippen molar-refractivity contribution >= 4 is 23.8 Å². The molecule has 0 saturated carbocycles. The van der Waals surface area contributed by atoms with Gasteiger partial charge in [-0.3, -0.25) is 9.59 Å². The van der Waals surface area contributed by atoms with Crippen LogP contribution in [0.15, 0.2) is 91.0 Å². The summed E-state index contributed by atoms with van der Waals surface area (Å²) in [5.41, 5.74) is 0.339.